The zero-order valence-electron chi connectivity index (χ0n) is 11.2. The van der Waals surface area contributed by atoms with Crippen molar-refractivity contribution in [3.05, 3.63) is 66.2 Å². The van der Waals surface area contributed by atoms with Crippen LogP contribution >= 0.6 is 11.3 Å². The van der Waals surface area contributed by atoms with Crippen molar-refractivity contribution in [3.63, 3.8) is 0 Å². The summed E-state index contributed by atoms with van der Waals surface area (Å²) in [5.74, 6) is -0.0375. The number of thiazole rings is 1. The zero-order chi connectivity index (χ0) is 14.9. The summed E-state index contributed by atoms with van der Waals surface area (Å²) >= 11 is 1.22. The molecule has 0 bridgehead atoms. The van der Waals surface area contributed by atoms with Gasteiger partial charge in [-0.25, -0.2) is 13.4 Å². The summed E-state index contributed by atoms with van der Waals surface area (Å²) in [7, 11) is -3.41. The van der Waals surface area contributed by atoms with Gasteiger partial charge in [0, 0.05) is 0 Å². The van der Waals surface area contributed by atoms with Crippen molar-refractivity contribution in [1.82, 2.24) is 4.98 Å². The van der Waals surface area contributed by atoms with Crippen LogP contribution in [0, 0.1) is 0 Å². The summed E-state index contributed by atoms with van der Waals surface area (Å²) in [6.07, 6.45) is 1.73. The maximum Gasteiger partial charge on any atom is 0.210 e. The molecule has 0 aliphatic carbocycles. The van der Waals surface area contributed by atoms with Gasteiger partial charge in [0.2, 0.25) is 14.2 Å². The Morgan fingerprint density at radius 3 is 2.48 bits per heavy atom. The third kappa shape index (κ3) is 2.89. The number of para-hydroxylation sites is 1. The van der Waals surface area contributed by atoms with Gasteiger partial charge in [-0.2, -0.15) is 0 Å². The van der Waals surface area contributed by atoms with E-state index in [1.807, 2.05) is 48.5 Å². The Kier molecular flexibility index (Phi) is 3.61. The average molecular weight is 315 g/mol. The molecule has 0 aliphatic heterocycles. The first-order valence-corrected chi connectivity index (χ1v) is 8.85. The summed E-state index contributed by atoms with van der Waals surface area (Å²) in [6, 6.07) is 14.8. The van der Waals surface area contributed by atoms with E-state index in [2.05, 4.69) is 11.6 Å². The highest BCUT2D eigenvalue weighted by atomic mass is 32.2. The Morgan fingerprint density at radius 2 is 1.81 bits per heavy atom. The van der Waals surface area contributed by atoms with Crippen LogP contribution in [0.4, 0.5) is 0 Å². The maximum absolute atomic E-state index is 12.5. The van der Waals surface area contributed by atoms with E-state index in [9.17, 15) is 8.42 Å². The molecule has 0 amide bonds. The fourth-order valence-corrected chi connectivity index (χ4v) is 4.66. The van der Waals surface area contributed by atoms with Crippen LogP contribution in [0.15, 0.2) is 59.4 Å². The minimum Gasteiger partial charge on any atom is -0.225 e. The van der Waals surface area contributed by atoms with Crippen LogP contribution in [0.1, 0.15) is 11.1 Å². The van der Waals surface area contributed by atoms with Crippen LogP contribution < -0.4 is 0 Å². The molecule has 0 saturated heterocycles. The lowest BCUT2D eigenvalue weighted by molar-refractivity contribution is 0.594. The molecule has 0 spiro atoms. The van der Waals surface area contributed by atoms with Crippen molar-refractivity contribution in [3.8, 4) is 0 Å². The summed E-state index contributed by atoms with van der Waals surface area (Å²) in [5.41, 5.74) is 2.44. The molecule has 0 fully saturated rings. The van der Waals surface area contributed by atoms with Gasteiger partial charge in [0.15, 0.2) is 0 Å². The monoisotopic (exact) mass is 315 g/mol. The van der Waals surface area contributed by atoms with E-state index in [1.165, 1.54) is 11.3 Å². The Hall–Kier alpha value is -1.98. The van der Waals surface area contributed by atoms with Crippen LogP contribution in [0.3, 0.4) is 0 Å². The number of fused-ring (bicyclic) bond motifs is 1. The molecule has 0 saturated carbocycles. The highest BCUT2D eigenvalue weighted by Crippen LogP contribution is 2.27. The van der Waals surface area contributed by atoms with E-state index in [-0.39, 0.29) is 10.1 Å². The Balaban J connectivity index is 1.93. The van der Waals surface area contributed by atoms with Gasteiger partial charge in [0.05, 0.1) is 16.0 Å². The summed E-state index contributed by atoms with van der Waals surface area (Å²) in [6.45, 7) is 3.68. The highest BCUT2D eigenvalue weighted by molar-refractivity contribution is 7.92. The smallest absolute Gasteiger partial charge is 0.210 e. The average Bonchev–Trinajstić information content (AvgIpc) is 2.92. The van der Waals surface area contributed by atoms with E-state index in [4.69, 9.17) is 0 Å². The molecular formula is C16H13NO2S2. The van der Waals surface area contributed by atoms with E-state index in [0.29, 0.717) is 0 Å². The van der Waals surface area contributed by atoms with Crippen LogP contribution in [-0.4, -0.2) is 13.4 Å². The lowest BCUT2D eigenvalue weighted by Crippen LogP contribution is -2.04. The first-order valence-electron chi connectivity index (χ1n) is 6.38. The van der Waals surface area contributed by atoms with Crippen LogP contribution in [0.5, 0.6) is 0 Å². The van der Waals surface area contributed by atoms with Crippen molar-refractivity contribution in [2.24, 2.45) is 0 Å². The Labute approximate surface area is 127 Å². The quantitative estimate of drug-likeness (QED) is 0.733. The molecule has 3 nitrogen and oxygen atoms in total. The number of rotatable bonds is 4. The fourth-order valence-electron chi connectivity index (χ4n) is 2.02. The van der Waals surface area contributed by atoms with E-state index in [1.54, 1.807) is 6.08 Å². The first-order chi connectivity index (χ1) is 10.1. The molecule has 0 radical (unpaired) electrons. The second-order valence-corrected chi connectivity index (χ2v) is 7.85. The lowest BCUT2D eigenvalue weighted by Gasteiger charge is -2.02. The Morgan fingerprint density at radius 1 is 1.10 bits per heavy atom. The van der Waals surface area contributed by atoms with Crippen molar-refractivity contribution >= 4 is 37.5 Å². The van der Waals surface area contributed by atoms with E-state index < -0.39 is 9.84 Å². The molecule has 0 N–H and O–H groups in total. The van der Waals surface area contributed by atoms with Gasteiger partial charge in [-0.1, -0.05) is 49.1 Å². The van der Waals surface area contributed by atoms with Crippen molar-refractivity contribution < 1.29 is 8.42 Å². The van der Waals surface area contributed by atoms with Gasteiger partial charge in [-0.3, -0.25) is 0 Å². The number of nitrogens with zero attached hydrogens (tertiary/aromatic N) is 1. The van der Waals surface area contributed by atoms with E-state index in [0.717, 1.165) is 21.3 Å². The van der Waals surface area contributed by atoms with Crippen molar-refractivity contribution in [2.45, 2.75) is 10.1 Å². The summed E-state index contributed by atoms with van der Waals surface area (Å²) < 4.78 is 26.0. The number of hydrogen-bond donors (Lipinski definition) is 0. The second-order valence-electron chi connectivity index (χ2n) is 4.65. The molecule has 0 aliphatic rings. The number of sulfone groups is 1. The molecule has 21 heavy (non-hydrogen) atoms. The number of hydrogen-bond acceptors (Lipinski definition) is 4. The lowest BCUT2D eigenvalue weighted by atomic mass is 10.1. The number of benzene rings is 2. The predicted molar refractivity (Wildman–Crippen MR) is 87.0 cm³/mol. The topological polar surface area (TPSA) is 47.0 Å². The zero-order valence-corrected chi connectivity index (χ0v) is 12.8. The SMILES string of the molecule is C=Cc1ccc(CS(=O)(=O)c2nc3ccccc3s2)cc1. The summed E-state index contributed by atoms with van der Waals surface area (Å²) in [5, 5.41) is 0. The molecule has 0 unspecified atom stereocenters. The van der Waals surface area contributed by atoms with Gasteiger partial charge in [0.25, 0.3) is 0 Å². The largest absolute Gasteiger partial charge is 0.225 e. The molecule has 1 aromatic heterocycles. The molecular weight excluding hydrogens is 302 g/mol. The highest BCUT2D eigenvalue weighted by Gasteiger charge is 2.20. The van der Waals surface area contributed by atoms with Crippen molar-refractivity contribution in [2.75, 3.05) is 0 Å². The first kappa shape index (κ1) is 14.0. The fraction of sp³-hybridized carbons (Fsp3) is 0.0625. The standard InChI is InChI=1S/C16H13NO2S2/c1-2-12-7-9-13(10-8-12)11-21(18,19)16-17-14-5-3-4-6-15(14)20-16/h2-10H,1,11H2. The number of aromatic nitrogens is 1. The third-order valence-corrected chi connectivity index (χ3v) is 6.29. The molecule has 3 aromatic rings. The van der Waals surface area contributed by atoms with E-state index >= 15 is 0 Å². The maximum atomic E-state index is 12.5. The van der Waals surface area contributed by atoms with Crippen molar-refractivity contribution in [1.29, 1.82) is 0 Å². The van der Waals surface area contributed by atoms with Gasteiger partial charge in [0.1, 0.15) is 0 Å². The predicted octanol–water partition coefficient (Wildman–Crippen LogP) is 3.91. The molecule has 2 aromatic carbocycles. The molecule has 3 rings (SSSR count). The minimum atomic E-state index is -3.41. The van der Waals surface area contributed by atoms with Crippen LogP contribution in [0.25, 0.3) is 16.3 Å². The second kappa shape index (κ2) is 5.42. The molecule has 106 valence electrons. The van der Waals surface area contributed by atoms with Gasteiger partial charge in [-0.05, 0) is 23.3 Å². The molecule has 5 heteroatoms. The minimum absolute atomic E-state index is 0.0375. The Bertz CT molecular complexity index is 860. The van der Waals surface area contributed by atoms with Gasteiger partial charge in [-0.15, -0.1) is 11.3 Å². The molecule has 1 heterocycles. The summed E-state index contributed by atoms with van der Waals surface area (Å²) in [4.78, 5) is 4.23. The normalized spacial score (nSPS) is 11.6. The van der Waals surface area contributed by atoms with Gasteiger partial charge < -0.3 is 0 Å². The van der Waals surface area contributed by atoms with Gasteiger partial charge >= 0.3 is 0 Å². The third-order valence-electron chi connectivity index (χ3n) is 3.11. The van der Waals surface area contributed by atoms with Crippen LogP contribution in [-0.2, 0) is 15.6 Å². The van der Waals surface area contributed by atoms with Crippen LogP contribution in [0.2, 0.25) is 0 Å². The molecule has 0 atom stereocenters.